The highest BCUT2D eigenvalue weighted by Crippen LogP contribution is 2.16. The molecule has 0 aliphatic rings. The average molecular weight is 375 g/mol. The molecular formula is C17H15BrN2O3. The third-order valence-electron chi connectivity index (χ3n) is 2.85. The summed E-state index contributed by atoms with van der Waals surface area (Å²) < 4.78 is 5.83. The molecule has 0 saturated carbocycles. The molecule has 0 fully saturated rings. The number of halogens is 1. The summed E-state index contributed by atoms with van der Waals surface area (Å²) in [5.41, 5.74) is 0.511. The molecule has 0 atom stereocenters. The molecule has 2 rings (SSSR count). The fourth-order valence-corrected chi connectivity index (χ4v) is 2.23. The van der Waals surface area contributed by atoms with Gasteiger partial charge in [-0.15, -0.1) is 6.58 Å². The van der Waals surface area contributed by atoms with Crippen molar-refractivity contribution in [3.05, 3.63) is 76.8 Å². The Hall–Kier alpha value is -2.60. The molecule has 2 amide bonds. The van der Waals surface area contributed by atoms with E-state index in [1.807, 2.05) is 0 Å². The summed E-state index contributed by atoms with van der Waals surface area (Å²) >= 11 is 3.31. The summed E-state index contributed by atoms with van der Waals surface area (Å²) in [6, 6.07) is 10.3. The highest BCUT2D eigenvalue weighted by Gasteiger charge is 2.16. The second-order valence-corrected chi connectivity index (χ2v) is 5.36. The largest absolute Gasteiger partial charge is 0.465 e. The quantitative estimate of drug-likeness (QED) is 0.602. The van der Waals surface area contributed by atoms with Gasteiger partial charge in [-0.1, -0.05) is 18.2 Å². The van der Waals surface area contributed by atoms with Gasteiger partial charge in [-0.05, 0) is 40.2 Å². The van der Waals surface area contributed by atoms with E-state index in [0.29, 0.717) is 22.3 Å². The molecule has 0 radical (unpaired) electrons. The van der Waals surface area contributed by atoms with Crippen molar-refractivity contribution in [2.45, 2.75) is 0 Å². The van der Waals surface area contributed by atoms with Crippen molar-refractivity contribution in [1.29, 1.82) is 0 Å². The van der Waals surface area contributed by atoms with Gasteiger partial charge in [0.05, 0.1) is 11.8 Å². The van der Waals surface area contributed by atoms with Gasteiger partial charge >= 0.3 is 0 Å². The fourth-order valence-electron chi connectivity index (χ4n) is 1.77. The number of amides is 2. The highest BCUT2D eigenvalue weighted by molar-refractivity contribution is 9.10. The molecule has 118 valence electrons. The zero-order valence-corrected chi connectivity index (χ0v) is 13.8. The van der Waals surface area contributed by atoms with E-state index in [0.717, 1.165) is 0 Å². The van der Waals surface area contributed by atoms with E-state index in [1.165, 1.54) is 12.3 Å². The van der Waals surface area contributed by atoms with E-state index in [-0.39, 0.29) is 5.70 Å². The lowest BCUT2D eigenvalue weighted by Gasteiger charge is -2.10. The smallest absolute Gasteiger partial charge is 0.268 e. The van der Waals surface area contributed by atoms with Crippen molar-refractivity contribution in [1.82, 2.24) is 10.6 Å². The molecule has 0 bridgehead atoms. The SMILES string of the molecule is C=CCNC(=O)/C(=C/c1ccco1)NC(=O)c1ccccc1Br. The lowest BCUT2D eigenvalue weighted by Crippen LogP contribution is -2.35. The summed E-state index contributed by atoms with van der Waals surface area (Å²) in [7, 11) is 0. The number of carbonyl (C=O) groups is 2. The van der Waals surface area contributed by atoms with Crippen molar-refractivity contribution in [2.75, 3.05) is 6.54 Å². The molecule has 0 saturated heterocycles. The Morgan fingerprint density at radius 3 is 2.65 bits per heavy atom. The van der Waals surface area contributed by atoms with Crippen molar-refractivity contribution in [3.8, 4) is 0 Å². The van der Waals surface area contributed by atoms with Crippen LogP contribution in [0, 0.1) is 0 Å². The van der Waals surface area contributed by atoms with E-state index in [1.54, 1.807) is 42.5 Å². The normalized spacial score (nSPS) is 10.9. The Kier molecular flexibility index (Phi) is 5.94. The van der Waals surface area contributed by atoms with Gasteiger partial charge < -0.3 is 15.1 Å². The Labute approximate surface area is 142 Å². The molecule has 6 heteroatoms. The first-order valence-electron chi connectivity index (χ1n) is 6.82. The summed E-state index contributed by atoms with van der Waals surface area (Å²) in [6.07, 6.45) is 4.51. The van der Waals surface area contributed by atoms with Gasteiger partial charge in [-0.3, -0.25) is 9.59 Å². The molecule has 0 unspecified atom stereocenters. The van der Waals surface area contributed by atoms with E-state index in [2.05, 4.69) is 33.1 Å². The van der Waals surface area contributed by atoms with E-state index >= 15 is 0 Å². The van der Waals surface area contributed by atoms with Gasteiger partial charge in [0.25, 0.3) is 11.8 Å². The van der Waals surface area contributed by atoms with Crippen LogP contribution in [0.3, 0.4) is 0 Å². The Balaban J connectivity index is 2.24. The summed E-state index contributed by atoms with van der Waals surface area (Å²) in [5.74, 6) is -0.369. The third-order valence-corrected chi connectivity index (χ3v) is 3.54. The summed E-state index contributed by atoms with van der Waals surface area (Å²) in [6.45, 7) is 3.83. The number of hydrogen-bond donors (Lipinski definition) is 2. The maximum Gasteiger partial charge on any atom is 0.268 e. The highest BCUT2D eigenvalue weighted by atomic mass is 79.9. The molecule has 0 spiro atoms. The first-order valence-corrected chi connectivity index (χ1v) is 7.61. The fraction of sp³-hybridized carbons (Fsp3) is 0.0588. The zero-order valence-electron chi connectivity index (χ0n) is 12.2. The minimum absolute atomic E-state index is 0.0857. The molecule has 23 heavy (non-hydrogen) atoms. The van der Waals surface area contributed by atoms with Gasteiger partial charge in [0, 0.05) is 17.1 Å². The third kappa shape index (κ3) is 4.69. The van der Waals surface area contributed by atoms with Crippen LogP contribution in [-0.2, 0) is 4.79 Å². The first kappa shape index (κ1) is 16.8. The number of benzene rings is 1. The van der Waals surface area contributed by atoms with Crippen LogP contribution in [0.5, 0.6) is 0 Å². The molecule has 0 aliphatic carbocycles. The number of nitrogens with one attached hydrogen (secondary N) is 2. The predicted molar refractivity (Wildman–Crippen MR) is 91.5 cm³/mol. The lowest BCUT2D eigenvalue weighted by molar-refractivity contribution is -0.117. The van der Waals surface area contributed by atoms with E-state index < -0.39 is 11.8 Å². The minimum atomic E-state index is -0.429. The van der Waals surface area contributed by atoms with Crippen molar-refractivity contribution >= 4 is 33.8 Å². The molecule has 2 aromatic rings. The van der Waals surface area contributed by atoms with E-state index in [9.17, 15) is 9.59 Å². The molecule has 1 heterocycles. The molecule has 1 aromatic heterocycles. The zero-order chi connectivity index (χ0) is 16.7. The van der Waals surface area contributed by atoms with Gasteiger partial charge in [-0.25, -0.2) is 0 Å². The maximum absolute atomic E-state index is 12.4. The first-order chi connectivity index (χ1) is 11.1. The van der Waals surface area contributed by atoms with Gasteiger partial charge in [0.2, 0.25) is 0 Å². The molecular weight excluding hydrogens is 360 g/mol. The number of carbonyl (C=O) groups excluding carboxylic acids is 2. The molecule has 1 aromatic carbocycles. The van der Waals surface area contributed by atoms with Crippen LogP contribution >= 0.6 is 15.9 Å². The maximum atomic E-state index is 12.4. The molecule has 2 N–H and O–H groups in total. The number of furan rings is 1. The Morgan fingerprint density at radius 1 is 1.22 bits per heavy atom. The van der Waals surface area contributed by atoms with Crippen molar-refractivity contribution in [2.24, 2.45) is 0 Å². The van der Waals surface area contributed by atoms with Crippen LogP contribution in [0.15, 0.2) is 69.9 Å². The summed E-state index contributed by atoms with van der Waals surface area (Å²) in [5, 5.41) is 5.23. The van der Waals surface area contributed by atoms with Crippen LogP contribution in [0.25, 0.3) is 6.08 Å². The van der Waals surface area contributed by atoms with Gasteiger partial charge in [-0.2, -0.15) is 0 Å². The minimum Gasteiger partial charge on any atom is -0.465 e. The van der Waals surface area contributed by atoms with Gasteiger partial charge in [0.15, 0.2) is 0 Å². The van der Waals surface area contributed by atoms with Crippen LogP contribution in [0.2, 0.25) is 0 Å². The standard InChI is InChI=1S/C17H15BrN2O3/c1-2-9-19-17(22)15(11-12-6-5-10-23-12)20-16(21)13-7-3-4-8-14(13)18/h2-8,10-11H,1,9H2,(H,19,22)(H,20,21)/b15-11-. The second kappa shape index (κ2) is 8.14. The van der Waals surface area contributed by atoms with Crippen LogP contribution in [0.1, 0.15) is 16.1 Å². The monoisotopic (exact) mass is 374 g/mol. The van der Waals surface area contributed by atoms with Crippen LogP contribution < -0.4 is 10.6 Å². The predicted octanol–water partition coefficient (Wildman–Crippen LogP) is 3.12. The van der Waals surface area contributed by atoms with Crippen molar-refractivity contribution in [3.63, 3.8) is 0 Å². The van der Waals surface area contributed by atoms with Crippen molar-refractivity contribution < 1.29 is 14.0 Å². The Bertz CT molecular complexity index is 736. The Morgan fingerprint density at radius 2 is 2.00 bits per heavy atom. The second-order valence-electron chi connectivity index (χ2n) is 4.51. The molecule has 5 nitrogen and oxygen atoms in total. The van der Waals surface area contributed by atoms with Crippen LogP contribution in [-0.4, -0.2) is 18.4 Å². The topological polar surface area (TPSA) is 71.3 Å². The average Bonchev–Trinajstić information content (AvgIpc) is 3.05. The van der Waals surface area contributed by atoms with Crippen LogP contribution in [0.4, 0.5) is 0 Å². The van der Waals surface area contributed by atoms with Gasteiger partial charge in [0.1, 0.15) is 11.5 Å². The lowest BCUT2D eigenvalue weighted by atomic mass is 10.2. The number of hydrogen-bond acceptors (Lipinski definition) is 3. The molecule has 0 aliphatic heterocycles. The van der Waals surface area contributed by atoms with E-state index in [4.69, 9.17) is 4.42 Å². The number of rotatable bonds is 6. The summed E-state index contributed by atoms with van der Waals surface area (Å²) in [4.78, 5) is 24.6.